The molecule has 3 heteroatoms. The molecule has 1 N–H and O–H groups in total. The van der Waals surface area contributed by atoms with Gasteiger partial charge in [-0.25, -0.2) is 0 Å². The van der Waals surface area contributed by atoms with Gasteiger partial charge in [0.2, 0.25) is 0 Å². The fraction of sp³-hybridized carbons (Fsp3) is 0.471. The highest BCUT2D eigenvalue weighted by atomic mass is 16.3. The highest BCUT2D eigenvalue weighted by molar-refractivity contribution is 5.78. The molecule has 2 aromatic rings. The van der Waals surface area contributed by atoms with E-state index >= 15 is 0 Å². The van der Waals surface area contributed by atoms with E-state index in [9.17, 15) is 5.11 Å². The Balaban J connectivity index is 1.78. The summed E-state index contributed by atoms with van der Waals surface area (Å²) >= 11 is 0. The zero-order valence-electron chi connectivity index (χ0n) is 11.8. The van der Waals surface area contributed by atoms with Crippen LogP contribution in [0.15, 0.2) is 36.4 Å². The van der Waals surface area contributed by atoms with Crippen LogP contribution in [0.25, 0.3) is 10.9 Å². The van der Waals surface area contributed by atoms with Gasteiger partial charge in [-0.15, -0.1) is 0 Å². The van der Waals surface area contributed by atoms with E-state index in [0.717, 1.165) is 24.3 Å². The van der Waals surface area contributed by atoms with Crippen LogP contribution < -0.4 is 0 Å². The second-order valence-corrected chi connectivity index (χ2v) is 5.63. The minimum absolute atomic E-state index is 0.226. The smallest absolute Gasteiger partial charge is 0.0705 e. The first kappa shape index (κ1) is 13.5. The largest absolute Gasteiger partial charge is 0.395 e. The topological polar surface area (TPSA) is 36.4 Å². The number of hydrogen-bond donors (Lipinski definition) is 1. The molecule has 1 aliphatic carbocycles. The fourth-order valence-electron chi connectivity index (χ4n) is 3.19. The molecular weight excluding hydrogens is 248 g/mol. The van der Waals surface area contributed by atoms with Crippen molar-refractivity contribution in [2.24, 2.45) is 0 Å². The summed E-state index contributed by atoms with van der Waals surface area (Å²) < 4.78 is 0. The molecule has 0 radical (unpaired) electrons. The predicted octanol–water partition coefficient (Wildman–Crippen LogP) is 2.97. The van der Waals surface area contributed by atoms with Crippen LogP contribution in [0.1, 0.15) is 31.4 Å². The summed E-state index contributed by atoms with van der Waals surface area (Å²) in [6.45, 7) is 1.82. The normalized spacial score (nSPS) is 16.3. The molecule has 1 aliphatic rings. The molecule has 0 spiro atoms. The first-order valence-electron chi connectivity index (χ1n) is 7.56. The molecule has 1 fully saturated rings. The molecular formula is C17H22N2O. The van der Waals surface area contributed by atoms with Crippen molar-refractivity contribution in [1.29, 1.82) is 0 Å². The van der Waals surface area contributed by atoms with Crippen LogP contribution in [0.3, 0.4) is 0 Å². The molecule has 3 rings (SSSR count). The molecule has 0 bridgehead atoms. The maximum atomic E-state index is 9.28. The van der Waals surface area contributed by atoms with Crippen LogP contribution in [-0.2, 0) is 6.54 Å². The highest BCUT2D eigenvalue weighted by Crippen LogP contribution is 2.24. The lowest BCUT2D eigenvalue weighted by Gasteiger charge is -2.27. The molecule has 1 saturated carbocycles. The van der Waals surface area contributed by atoms with Crippen LogP contribution in [0.5, 0.6) is 0 Å². The van der Waals surface area contributed by atoms with Gasteiger partial charge in [-0.2, -0.15) is 0 Å². The van der Waals surface area contributed by atoms with Crippen LogP contribution in [0.2, 0.25) is 0 Å². The molecule has 1 heterocycles. The van der Waals surface area contributed by atoms with Crippen molar-refractivity contribution in [2.75, 3.05) is 13.2 Å². The summed E-state index contributed by atoms with van der Waals surface area (Å²) in [6.07, 6.45) is 5.15. The standard InChI is InChI=1S/C17H22N2O/c20-12-11-19(16-6-2-3-7-16)13-15-10-9-14-5-1-4-8-17(14)18-15/h1,4-5,8-10,16,20H,2-3,6-7,11-13H2. The number of hydrogen-bond acceptors (Lipinski definition) is 3. The van der Waals surface area contributed by atoms with Gasteiger partial charge in [-0.05, 0) is 25.0 Å². The number of aliphatic hydroxyl groups excluding tert-OH is 1. The number of fused-ring (bicyclic) bond motifs is 1. The maximum absolute atomic E-state index is 9.28. The van der Waals surface area contributed by atoms with Crippen molar-refractivity contribution in [1.82, 2.24) is 9.88 Å². The Bertz CT molecular complexity index is 564. The van der Waals surface area contributed by atoms with Crippen molar-refractivity contribution in [3.8, 4) is 0 Å². The van der Waals surface area contributed by atoms with Gasteiger partial charge in [0.15, 0.2) is 0 Å². The summed E-state index contributed by atoms with van der Waals surface area (Å²) in [4.78, 5) is 7.14. The third-order valence-electron chi connectivity index (χ3n) is 4.25. The predicted molar refractivity (Wildman–Crippen MR) is 81.5 cm³/mol. The van der Waals surface area contributed by atoms with Crippen molar-refractivity contribution >= 4 is 10.9 Å². The number of benzene rings is 1. The molecule has 20 heavy (non-hydrogen) atoms. The third kappa shape index (κ3) is 3.00. The van der Waals surface area contributed by atoms with E-state index in [1.165, 1.54) is 31.1 Å². The number of pyridine rings is 1. The Morgan fingerprint density at radius 2 is 1.90 bits per heavy atom. The average molecular weight is 270 g/mol. The minimum atomic E-state index is 0.226. The number of nitrogens with zero attached hydrogens (tertiary/aromatic N) is 2. The molecule has 0 atom stereocenters. The SMILES string of the molecule is OCCN(Cc1ccc2ccccc2n1)C1CCCC1. The van der Waals surface area contributed by atoms with Crippen LogP contribution in [-0.4, -0.2) is 34.2 Å². The van der Waals surface area contributed by atoms with E-state index in [1.807, 2.05) is 12.1 Å². The highest BCUT2D eigenvalue weighted by Gasteiger charge is 2.22. The van der Waals surface area contributed by atoms with Crippen molar-refractivity contribution in [3.05, 3.63) is 42.1 Å². The summed E-state index contributed by atoms with van der Waals surface area (Å²) in [5.41, 5.74) is 2.16. The molecule has 0 aliphatic heterocycles. The lowest BCUT2D eigenvalue weighted by Crippen LogP contribution is -2.35. The molecule has 106 valence electrons. The molecule has 0 saturated heterocycles. The van der Waals surface area contributed by atoms with Gasteiger partial charge < -0.3 is 5.11 Å². The first-order valence-corrected chi connectivity index (χ1v) is 7.56. The minimum Gasteiger partial charge on any atom is -0.395 e. The number of rotatable bonds is 5. The van der Waals surface area contributed by atoms with Crippen LogP contribution in [0, 0.1) is 0 Å². The first-order chi connectivity index (χ1) is 9.86. The van der Waals surface area contributed by atoms with Gasteiger partial charge >= 0.3 is 0 Å². The Hall–Kier alpha value is -1.45. The second kappa shape index (κ2) is 6.33. The van der Waals surface area contributed by atoms with Gasteiger partial charge in [-0.3, -0.25) is 9.88 Å². The Morgan fingerprint density at radius 3 is 2.70 bits per heavy atom. The summed E-state index contributed by atoms with van der Waals surface area (Å²) in [7, 11) is 0. The fourth-order valence-corrected chi connectivity index (χ4v) is 3.19. The Morgan fingerprint density at radius 1 is 1.10 bits per heavy atom. The van der Waals surface area contributed by atoms with Gasteiger partial charge in [0.1, 0.15) is 0 Å². The second-order valence-electron chi connectivity index (χ2n) is 5.63. The van der Waals surface area contributed by atoms with E-state index in [2.05, 4.69) is 29.2 Å². The molecule has 1 aromatic heterocycles. The molecule has 3 nitrogen and oxygen atoms in total. The van der Waals surface area contributed by atoms with E-state index < -0.39 is 0 Å². The summed E-state index contributed by atoms with van der Waals surface area (Å²) in [5, 5.41) is 10.5. The number of aromatic nitrogens is 1. The summed E-state index contributed by atoms with van der Waals surface area (Å²) in [6, 6.07) is 13.1. The van der Waals surface area contributed by atoms with Crippen molar-refractivity contribution in [3.63, 3.8) is 0 Å². The lowest BCUT2D eigenvalue weighted by atomic mass is 10.1. The van der Waals surface area contributed by atoms with E-state index in [-0.39, 0.29) is 6.61 Å². The van der Waals surface area contributed by atoms with Crippen LogP contribution in [0.4, 0.5) is 0 Å². The zero-order chi connectivity index (χ0) is 13.8. The third-order valence-corrected chi connectivity index (χ3v) is 4.25. The van der Waals surface area contributed by atoms with Gasteiger partial charge in [0.05, 0.1) is 17.8 Å². The number of aliphatic hydroxyl groups is 1. The molecule has 1 aromatic carbocycles. The monoisotopic (exact) mass is 270 g/mol. The lowest BCUT2D eigenvalue weighted by molar-refractivity contribution is 0.143. The Kier molecular flexibility index (Phi) is 4.28. The van der Waals surface area contributed by atoms with E-state index in [1.54, 1.807) is 0 Å². The van der Waals surface area contributed by atoms with Gasteiger partial charge in [-0.1, -0.05) is 37.1 Å². The van der Waals surface area contributed by atoms with Crippen LogP contribution >= 0.6 is 0 Å². The van der Waals surface area contributed by atoms with Gasteiger partial charge in [0.25, 0.3) is 0 Å². The maximum Gasteiger partial charge on any atom is 0.0705 e. The molecule has 0 unspecified atom stereocenters. The average Bonchev–Trinajstić information content (AvgIpc) is 3.01. The van der Waals surface area contributed by atoms with Gasteiger partial charge in [0, 0.05) is 24.5 Å². The number of para-hydroxylation sites is 1. The molecule has 0 amide bonds. The van der Waals surface area contributed by atoms with Crippen molar-refractivity contribution < 1.29 is 5.11 Å². The van der Waals surface area contributed by atoms with E-state index in [4.69, 9.17) is 4.98 Å². The summed E-state index contributed by atoms with van der Waals surface area (Å²) in [5.74, 6) is 0. The zero-order valence-corrected chi connectivity index (χ0v) is 11.8. The quantitative estimate of drug-likeness (QED) is 0.907. The van der Waals surface area contributed by atoms with Crippen molar-refractivity contribution in [2.45, 2.75) is 38.3 Å². The Labute approximate surface area is 120 Å². The van der Waals surface area contributed by atoms with E-state index in [0.29, 0.717) is 6.04 Å².